The lowest BCUT2D eigenvalue weighted by Crippen LogP contribution is -2.29. The Morgan fingerprint density at radius 3 is 2.39 bits per heavy atom. The van der Waals surface area contributed by atoms with Crippen LogP contribution in [0.4, 0.5) is 11.4 Å². The average Bonchev–Trinajstić information content (AvgIpc) is 2.89. The normalized spacial score (nSPS) is 12.9. The van der Waals surface area contributed by atoms with Crippen molar-refractivity contribution >= 4 is 34.6 Å². The van der Waals surface area contributed by atoms with E-state index in [-0.39, 0.29) is 11.3 Å². The van der Waals surface area contributed by atoms with Gasteiger partial charge < -0.3 is 35.7 Å². The lowest BCUT2D eigenvalue weighted by Gasteiger charge is -2.26. The van der Waals surface area contributed by atoms with Gasteiger partial charge in [-0.2, -0.15) is 0 Å². The fourth-order valence-electron chi connectivity index (χ4n) is 4.16. The predicted octanol–water partition coefficient (Wildman–Crippen LogP) is 4.34. The Hall–Kier alpha value is -3.09. The molecule has 0 saturated carbocycles. The van der Waals surface area contributed by atoms with E-state index in [9.17, 15) is 4.79 Å². The van der Waals surface area contributed by atoms with Crippen molar-refractivity contribution in [1.82, 2.24) is 9.80 Å². The molecular weight excluding hydrogens is 538 g/mol. The highest BCUT2D eigenvalue weighted by atomic mass is 32.2. The molecule has 0 radical (unpaired) electrons. The van der Waals surface area contributed by atoms with E-state index in [1.165, 1.54) is 18.3 Å². The van der Waals surface area contributed by atoms with Crippen molar-refractivity contribution in [3.8, 4) is 5.75 Å². The molecule has 10 nitrogen and oxygen atoms in total. The number of hydrazine groups is 1. The van der Waals surface area contributed by atoms with Crippen LogP contribution in [0.5, 0.6) is 5.75 Å². The van der Waals surface area contributed by atoms with Crippen molar-refractivity contribution in [3.05, 3.63) is 64.5 Å². The molecule has 0 bridgehead atoms. The molecule has 0 aliphatic rings. The van der Waals surface area contributed by atoms with Gasteiger partial charge in [0.05, 0.1) is 29.7 Å². The number of methoxy groups -OCH3 is 2. The van der Waals surface area contributed by atoms with Gasteiger partial charge in [0, 0.05) is 44.1 Å². The number of benzene rings is 2. The standard InChI is InChI=1S/C30H47N7O3S/c1-20-10-11-21(15-26(20)37(33)18-24(32)29(40-9)41-19-31)28(38)34-25-16-23(30(2,3)4)14-22(27(25)39-8)17-36(7)13-12-35(5)6/h10-11,14-16,18-19,29,31H,12-13,17,32-33H2,1-9H3,(H,34,38)/b24-18-,31-19?. The Morgan fingerprint density at radius 2 is 1.83 bits per heavy atom. The molecule has 41 heavy (non-hydrogen) atoms. The van der Waals surface area contributed by atoms with Crippen LogP contribution in [0.3, 0.4) is 0 Å². The molecule has 0 aliphatic heterocycles. The summed E-state index contributed by atoms with van der Waals surface area (Å²) in [5.41, 5.74) is 11.6. The molecule has 0 aliphatic carbocycles. The number of hydrogen-bond donors (Lipinski definition) is 4. The summed E-state index contributed by atoms with van der Waals surface area (Å²) in [7, 11) is 9.33. The number of rotatable bonds is 14. The topological polar surface area (TPSA) is 133 Å². The minimum atomic E-state index is -0.552. The second-order valence-corrected chi connectivity index (χ2v) is 12.3. The minimum absolute atomic E-state index is 0.137. The predicted molar refractivity (Wildman–Crippen MR) is 172 cm³/mol. The minimum Gasteiger partial charge on any atom is -0.494 e. The van der Waals surface area contributed by atoms with E-state index in [0.717, 1.165) is 47.1 Å². The highest BCUT2D eigenvalue weighted by Gasteiger charge is 2.22. The summed E-state index contributed by atoms with van der Waals surface area (Å²) in [6, 6.07) is 9.46. The summed E-state index contributed by atoms with van der Waals surface area (Å²) < 4.78 is 11.2. The third kappa shape index (κ3) is 9.75. The van der Waals surface area contributed by atoms with Gasteiger partial charge in [-0.15, -0.1) is 0 Å². The van der Waals surface area contributed by atoms with Crippen molar-refractivity contribution < 1.29 is 14.3 Å². The van der Waals surface area contributed by atoms with Crippen LogP contribution in [0.15, 0.2) is 42.2 Å². The number of likely N-dealkylation sites (N-methyl/N-ethyl adjacent to an activating group) is 2. The number of nitrogens with one attached hydrogen (secondary N) is 2. The Bertz CT molecular complexity index is 1230. The summed E-state index contributed by atoms with van der Waals surface area (Å²) in [6.45, 7) is 10.8. The lowest BCUT2D eigenvalue weighted by atomic mass is 9.85. The van der Waals surface area contributed by atoms with Gasteiger partial charge in [0.25, 0.3) is 5.91 Å². The van der Waals surface area contributed by atoms with E-state index < -0.39 is 5.44 Å². The number of anilines is 2. The van der Waals surface area contributed by atoms with Crippen molar-refractivity contribution in [3.63, 3.8) is 0 Å². The number of nitrogens with two attached hydrogens (primary N) is 2. The number of amides is 1. The first-order chi connectivity index (χ1) is 19.2. The molecule has 0 heterocycles. The van der Waals surface area contributed by atoms with Crippen molar-refractivity contribution in [2.75, 3.05) is 58.8 Å². The molecule has 1 unspecified atom stereocenters. The van der Waals surface area contributed by atoms with Gasteiger partial charge in [-0.1, -0.05) is 44.7 Å². The van der Waals surface area contributed by atoms with E-state index >= 15 is 0 Å². The lowest BCUT2D eigenvalue weighted by molar-refractivity contribution is 0.102. The van der Waals surface area contributed by atoms with Gasteiger partial charge in [-0.05, 0) is 62.8 Å². The number of carbonyl (C=O) groups is 1. The second-order valence-electron chi connectivity index (χ2n) is 11.3. The molecule has 2 aromatic rings. The van der Waals surface area contributed by atoms with Crippen LogP contribution in [0.2, 0.25) is 0 Å². The van der Waals surface area contributed by atoms with Crippen LogP contribution in [0.25, 0.3) is 0 Å². The molecule has 226 valence electrons. The van der Waals surface area contributed by atoms with Gasteiger partial charge in [0.15, 0.2) is 0 Å². The van der Waals surface area contributed by atoms with Crippen LogP contribution in [-0.4, -0.2) is 75.1 Å². The molecular formula is C30H47N7O3S. The highest BCUT2D eigenvalue weighted by Crippen LogP contribution is 2.36. The Kier molecular flexibility index (Phi) is 12.7. The van der Waals surface area contributed by atoms with Crippen LogP contribution in [0, 0.1) is 12.3 Å². The van der Waals surface area contributed by atoms with E-state index in [1.807, 2.05) is 19.1 Å². The van der Waals surface area contributed by atoms with Crippen LogP contribution in [-0.2, 0) is 16.7 Å². The van der Waals surface area contributed by atoms with Gasteiger partial charge in [0.2, 0.25) is 0 Å². The van der Waals surface area contributed by atoms with Crippen molar-refractivity contribution in [2.24, 2.45) is 11.6 Å². The van der Waals surface area contributed by atoms with E-state index in [1.54, 1.807) is 19.2 Å². The molecule has 0 aromatic heterocycles. The zero-order valence-corrected chi connectivity index (χ0v) is 26.7. The maximum Gasteiger partial charge on any atom is 0.255 e. The molecule has 0 saturated heterocycles. The monoisotopic (exact) mass is 585 g/mol. The SMILES string of the molecule is COc1c(CN(C)CCN(C)C)cc(C(C)(C)C)cc1NC(=O)c1ccc(C)c(N(N)/C=C(\N)C(OC)SC=N)c1. The largest absolute Gasteiger partial charge is 0.494 e. The van der Waals surface area contributed by atoms with Gasteiger partial charge >= 0.3 is 0 Å². The van der Waals surface area contributed by atoms with E-state index in [4.69, 9.17) is 26.5 Å². The van der Waals surface area contributed by atoms with Gasteiger partial charge in [-0.25, -0.2) is 5.84 Å². The van der Waals surface area contributed by atoms with E-state index in [0.29, 0.717) is 34.9 Å². The van der Waals surface area contributed by atoms with Gasteiger partial charge in [-0.3, -0.25) is 9.80 Å². The second kappa shape index (κ2) is 15.2. The first-order valence-corrected chi connectivity index (χ1v) is 14.3. The Morgan fingerprint density at radius 1 is 1.15 bits per heavy atom. The van der Waals surface area contributed by atoms with Crippen LogP contribution >= 0.6 is 11.8 Å². The highest BCUT2D eigenvalue weighted by molar-refractivity contribution is 8.12. The average molecular weight is 586 g/mol. The smallest absolute Gasteiger partial charge is 0.255 e. The Labute approximate surface area is 249 Å². The number of thioether (sulfide) groups is 1. The molecule has 11 heteroatoms. The first kappa shape index (κ1) is 34.1. The van der Waals surface area contributed by atoms with Crippen LogP contribution < -0.4 is 26.6 Å². The first-order valence-electron chi connectivity index (χ1n) is 13.4. The third-order valence-corrected chi connectivity index (χ3v) is 7.42. The maximum atomic E-state index is 13.6. The van der Waals surface area contributed by atoms with Gasteiger partial charge in [0.1, 0.15) is 11.2 Å². The van der Waals surface area contributed by atoms with E-state index in [2.05, 4.69) is 63.1 Å². The van der Waals surface area contributed by atoms with Crippen molar-refractivity contribution in [1.29, 1.82) is 5.41 Å². The molecule has 1 atom stereocenters. The molecule has 0 spiro atoms. The summed E-state index contributed by atoms with van der Waals surface area (Å²) in [4.78, 5) is 18.0. The number of nitrogens with zero attached hydrogens (tertiary/aromatic N) is 3. The molecule has 1 amide bonds. The zero-order chi connectivity index (χ0) is 30.9. The molecule has 2 aromatic carbocycles. The Balaban J connectivity index is 2.44. The van der Waals surface area contributed by atoms with Crippen molar-refractivity contribution in [2.45, 2.75) is 45.1 Å². The number of carbonyl (C=O) groups excluding carboxylic acids is 1. The summed E-state index contributed by atoms with van der Waals surface area (Å²) in [5, 5.41) is 11.8. The summed E-state index contributed by atoms with van der Waals surface area (Å²) >= 11 is 1.11. The molecule has 2 rings (SSSR count). The number of hydrogen-bond acceptors (Lipinski definition) is 10. The molecule has 0 fully saturated rings. The number of aryl methyl sites for hydroxylation is 1. The quantitative estimate of drug-likeness (QED) is 0.0840. The fraction of sp³-hybridized carbons (Fsp3) is 0.467. The third-order valence-electron chi connectivity index (χ3n) is 6.57. The summed E-state index contributed by atoms with van der Waals surface area (Å²) in [6.07, 6.45) is 1.53. The maximum absolute atomic E-state index is 13.6. The number of ether oxygens (including phenoxy) is 2. The zero-order valence-electron chi connectivity index (χ0n) is 25.9. The molecule has 6 N–H and O–H groups in total. The van der Waals surface area contributed by atoms with Crippen LogP contribution in [0.1, 0.15) is 47.8 Å². The fourth-order valence-corrected chi connectivity index (χ4v) is 4.61. The summed E-state index contributed by atoms with van der Waals surface area (Å²) in [5.74, 6) is 6.68.